The van der Waals surface area contributed by atoms with E-state index in [1.165, 1.54) is 0 Å². The van der Waals surface area contributed by atoms with Crippen LogP contribution >= 0.6 is 0 Å². The molecule has 0 spiro atoms. The molecule has 0 aromatic heterocycles. The molecule has 3 aliphatic heterocycles. The van der Waals surface area contributed by atoms with Crippen LogP contribution in [0.15, 0.2) is 0 Å². The monoisotopic (exact) mass is 301 g/mol. The van der Waals surface area contributed by atoms with Crippen LogP contribution in [0.5, 0.6) is 0 Å². The lowest BCUT2D eigenvalue weighted by Gasteiger charge is -2.47. The summed E-state index contributed by atoms with van der Waals surface area (Å²) in [7, 11) is 0. The van der Waals surface area contributed by atoms with Crippen LogP contribution in [-0.2, 0) is 9.59 Å². The molecule has 21 heavy (non-hydrogen) atoms. The fourth-order valence-corrected chi connectivity index (χ4v) is 2.47. The Kier molecular flexibility index (Phi) is 5.69. The van der Waals surface area contributed by atoms with Crippen LogP contribution in [0, 0.1) is 18.3 Å². The third-order valence-corrected chi connectivity index (χ3v) is 3.78. The Bertz CT molecular complexity index is 420. The van der Waals surface area contributed by atoms with Crippen LogP contribution in [0.3, 0.4) is 0 Å². The van der Waals surface area contributed by atoms with E-state index in [9.17, 15) is 14.7 Å². The molecule has 8 heteroatoms. The Morgan fingerprint density at radius 2 is 1.57 bits per heavy atom. The first-order chi connectivity index (χ1) is 9.71. The van der Waals surface area contributed by atoms with Crippen LogP contribution in [0.4, 0.5) is 0 Å². The summed E-state index contributed by atoms with van der Waals surface area (Å²) in [5, 5.41) is 42.4. The number of rotatable bonds is 3. The molecule has 3 fully saturated rings. The summed E-state index contributed by atoms with van der Waals surface area (Å²) in [5.41, 5.74) is -0.809. The minimum absolute atomic E-state index is 0.359. The molecule has 0 amide bonds. The Balaban J connectivity index is 0.000000212. The maximum atomic E-state index is 9.89. The second-order valence-electron chi connectivity index (χ2n) is 5.19. The first kappa shape index (κ1) is 17.4. The molecule has 0 saturated carbocycles. The Morgan fingerprint density at radius 1 is 1.14 bits per heavy atom. The average Bonchev–Trinajstić information content (AvgIpc) is 2.47. The maximum Gasteiger partial charge on any atom is 0.335 e. The molecule has 3 rings (SSSR count). The lowest BCUT2D eigenvalue weighted by atomic mass is 9.76. The number of hydrogen-bond donors (Lipinski definition) is 5. The number of aliphatic carboxylic acids is 2. The SMILES string of the molecule is C#C[C@@]1(O)CN2CCC1CC2.O=C(O)C(O)C(O)C(=O)O. The molecule has 5 N–H and O–H groups in total. The summed E-state index contributed by atoms with van der Waals surface area (Å²) in [6, 6.07) is 0. The minimum Gasteiger partial charge on any atom is -0.479 e. The number of fused-ring (bicyclic) bond motifs is 3. The van der Waals surface area contributed by atoms with Crippen LogP contribution in [-0.4, -0.2) is 79.8 Å². The molecule has 0 aromatic carbocycles. The number of piperidine rings is 3. The van der Waals surface area contributed by atoms with E-state index in [0.717, 1.165) is 25.9 Å². The highest BCUT2D eigenvalue weighted by atomic mass is 16.4. The zero-order chi connectivity index (χ0) is 16.2. The van der Waals surface area contributed by atoms with Crippen molar-refractivity contribution in [1.29, 1.82) is 0 Å². The van der Waals surface area contributed by atoms with Gasteiger partial charge in [0.25, 0.3) is 0 Å². The highest BCUT2D eigenvalue weighted by Crippen LogP contribution is 2.34. The topological polar surface area (TPSA) is 139 Å². The van der Waals surface area contributed by atoms with Gasteiger partial charge in [-0.1, -0.05) is 5.92 Å². The van der Waals surface area contributed by atoms with E-state index in [2.05, 4.69) is 10.8 Å². The zero-order valence-electron chi connectivity index (χ0n) is 11.3. The van der Waals surface area contributed by atoms with Gasteiger partial charge in [-0.15, -0.1) is 6.42 Å². The molecular formula is C13H19NO7. The van der Waals surface area contributed by atoms with Crippen molar-refractivity contribution in [2.75, 3.05) is 19.6 Å². The van der Waals surface area contributed by atoms with Crippen LogP contribution in [0.25, 0.3) is 0 Å². The second-order valence-corrected chi connectivity index (χ2v) is 5.19. The highest BCUT2D eigenvalue weighted by Gasteiger charge is 2.43. The molecule has 3 heterocycles. The van der Waals surface area contributed by atoms with Gasteiger partial charge in [0.1, 0.15) is 5.60 Å². The molecule has 3 saturated heterocycles. The lowest BCUT2D eigenvalue weighted by Crippen LogP contribution is -2.58. The third-order valence-electron chi connectivity index (χ3n) is 3.78. The molecule has 8 nitrogen and oxygen atoms in total. The van der Waals surface area contributed by atoms with Crippen molar-refractivity contribution < 1.29 is 35.1 Å². The Labute approximate surface area is 121 Å². The first-order valence-corrected chi connectivity index (χ1v) is 6.45. The van der Waals surface area contributed by atoms with Crippen LogP contribution in [0.1, 0.15) is 12.8 Å². The number of carboxylic acids is 2. The van der Waals surface area contributed by atoms with Crippen LogP contribution in [0.2, 0.25) is 0 Å². The van der Waals surface area contributed by atoms with Gasteiger partial charge in [-0.3, -0.25) is 4.90 Å². The predicted molar refractivity (Wildman–Crippen MR) is 70.2 cm³/mol. The maximum absolute atomic E-state index is 9.89. The zero-order valence-corrected chi connectivity index (χ0v) is 11.3. The van der Waals surface area contributed by atoms with E-state index in [0.29, 0.717) is 12.5 Å². The van der Waals surface area contributed by atoms with E-state index < -0.39 is 29.7 Å². The van der Waals surface area contributed by atoms with Crippen molar-refractivity contribution in [1.82, 2.24) is 4.90 Å². The number of nitrogens with zero attached hydrogens (tertiary/aromatic N) is 1. The van der Waals surface area contributed by atoms with E-state index in [1.54, 1.807) is 0 Å². The molecule has 118 valence electrons. The number of aliphatic hydroxyl groups excluding tert-OH is 2. The molecule has 3 atom stereocenters. The third kappa shape index (κ3) is 4.15. The Morgan fingerprint density at radius 3 is 1.76 bits per heavy atom. The fraction of sp³-hybridized carbons (Fsp3) is 0.692. The second kappa shape index (κ2) is 6.87. The lowest BCUT2D eigenvalue weighted by molar-refractivity contribution is -0.165. The van der Waals surface area contributed by atoms with Crippen LogP contribution < -0.4 is 0 Å². The molecule has 0 aliphatic carbocycles. The summed E-state index contributed by atoms with van der Waals surface area (Å²) in [6.45, 7) is 2.93. The van der Waals surface area contributed by atoms with Gasteiger partial charge in [-0.2, -0.15) is 0 Å². The van der Waals surface area contributed by atoms with Crippen molar-refractivity contribution in [3.8, 4) is 12.3 Å². The van der Waals surface area contributed by atoms with Gasteiger partial charge in [0.05, 0.1) is 0 Å². The van der Waals surface area contributed by atoms with Gasteiger partial charge < -0.3 is 25.5 Å². The molecular weight excluding hydrogens is 282 g/mol. The van der Waals surface area contributed by atoms with Crippen molar-refractivity contribution in [3.05, 3.63) is 0 Å². The normalized spacial score (nSPS) is 33.0. The van der Waals surface area contributed by atoms with E-state index in [-0.39, 0.29) is 0 Å². The van der Waals surface area contributed by atoms with E-state index in [1.807, 2.05) is 0 Å². The Hall–Kier alpha value is -1.66. The van der Waals surface area contributed by atoms with E-state index >= 15 is 0 Å². The number of aliphatic hydroxyl groups is 3. The van der Waals surface area contributed by atoms with Gasteiger partial charge in [0.2, 0.25) is 0 Å². The van der Waals surface area contributed by atoms with Gasteiger partial charge in [0, 0.05) is 12.5 Å². The summed E-state index contributed by atoms with van der Waals surface area (Å²) >= 11 is 0. The first-order valence-electron chi connectivity index (χ1n) is 6.45. The predicted octanol–water partition coefficient (Wildman–Crippen LogP) is -2.05. The number of hydrogen-bond acceptors (Lipinski definition) is 6. The molecule has 0 radical (unpaired) electrons. The summed E-state index contributed by atoms with van der Waals surface area (Å²) in [4.78, 5) is 21.8. The number of carbonyl (C=O) groups is 2. The molecule has 2 bridgehead atoms. The number of terminal acetylenes is 1. The standard InChI is InChI=1S/C9H13NO.C4H6O6/c1-2-9(11)7-10-5-3-8(9)4-6-10;5-1(3(7)8)2(6)4(9)10/h1,8,11H,3-7H2;1-2,5-6H,(H,7,8)(H,9,10)/t9-;/m1./s1. The quantitative estimate of drug-likeness (QED) is 0.376. The summed E-state index contributed by atoms with van der Waals surface area (Å²) in [5.74, 6) is -0.653. The van der Waals surface area contributed by atoms with Gasteiger partial charge in [-0.25, -0.2) is 9.59 Å². The minimum atomic E-state index is -2.27. The van der Waals surface area contributed by atoms with Gasteiger partial charge >= 0.3 is 11.9 Å². The average molecular weight is 301 g/mol. The fourth-order valence-electron chi connectivity index (χ4n) is 2.47. The van der Waals surface area contributed by atoms with Crippen molar-refractivity contribution in [2.45, 2.75) is 30.7 Å². The highest BCUT2D eigenvalue weighted by molar-refractivity contribution is 5.83. The molecule has 0 aromatic rings. The summed E-state index contributed by atoms with van der Waals surface area (Å²) < 4.78 is 0. The molecule has 3 aliphatic rings. The van der Waals surface area contributed by atoms with E-state index in [4.69, 9.17) is 26.8 Å². The van der Waals surface area contributed by atoms with Crippen molar-refractivity contribution in [3.63, 3.8) is 0 Å². The van der Waals surface area contributed by atoms with Gasteiger partial charge in [0.15, 0.2) is 12.2 Å². The van der Waals surface area contributed by atoms with Gasteiger partial charge in [-0.05, 0) is 25.9 Å². The molecule has 2 unspecified atom stereocenters. The van der Waals surface area contributed by atoms with Crippen molar-refractivity contribution >= 4 is 11.9 Å². The smallest absolute Gasteiger partial charge is 0.335 e. The summed E-state index contributed by atoms with van der Waals surface area (Å²) in [6.07, 6.45) is 2.91. The van der Waals surface area contributed by atoms with Crippen molar-refractivity contribution in [2.24, 2.45) is 5.92 Å². The number of carboxylic acid groups (broad SMARTS) is 2. The largest absolute Gasteiger partial charge is 0.479 e.